The third kappa shape index (κ3) is 12.8. The number of primary amides is 1. The van der Waals surface area contributed by atoms with Crippen LogP contribution >= 0.6 is 0 Å². The molecule has 3 aromatic carbocycles. The maximum atomic E-state index is 12.7. The Bertz CT molecular complexity index is 1700. The van der Waals surface area contributed by atoms with Gasteiger partial charge in [-0.25, -0.2) is 4.79 Å². The van der Waals surface area contributed by atoms with E-state index in [0.29, 0.717) is 30.8 Å². The summed E-state index contributed by atoms with van der Waals surface area (Å²) in [4.78, 5) is 26.1. The fraction of sp³-hybridized carbons (Fsp3) is 0.565. The fourth-order valence-corrected chi connectivity index (χ4v) is 8.08. The van der Waals surface area contributed by atoms with E-state index in [1.165, 1.54) is 31.2 Å². The number of benzene rings is 3. The summed E-state index contributed by atoms with van der Waals surface area (Å²) in [6, 6.07) is 18.6. The second-order valence-corrected chi connectivity index (χ2v) is 16.6. The Labute approximate surface area is 337 Å². The molecule has 0 spiro atoms. The molecule has 7 N–H and O–H groups in total. The number of methoxy groups -OCH3 is 1. The van der Waals surface area contributed by atoms with E-state index in [-0.39, 0.29) is 23.6 Å². The zero-order valence-corrected chi connectivity index (χ0v) is 35.8. The van der Waals surface area contributed by atoms with Crippen LogP contribution < -0.4 is 31.3 Å². The van der Waals surface area contributed by atoms with Crippen molar-refractivity contribution in [2.24, 2.45) is 28.9 Å². The van der Waals surface area contributed by atoms with Crippen LogP contribution in [0.3, 0.4) is 0 Å². The first-order chi connectivity index (χ1) is 26.6. The zero-order valence-electron chi connectivity index (χ0n) is 35.8. The summed E-state index contributed by atoms with van der Waals surface area (Å²) < 4.78 is 5.96. The van der Waals surface area contributed by atoms with Crippen LogP contribution in [0.15, 0.2) is 60.7 Å². The minimum atomic E-state index is -0.977. The molecule has 0 bridgehead atoms. The molecule has 1 amide bonds. The van der Waals surface area contributed by atoms with E-state index in [2.05, 4.69) is 59.8 Å². The first-order valence-corrected chi connectivity index (χ1v) is 20.5. The maximum Gasteiger partial charge on any atom is 0.335 e. The van der Waals surface area contributed by atoms with Gasteiger partial charge < -0.3 is 41.5 Å². The molecule has 10 heteroatoms. The lowest BCUT2D eigenvalue weighted by atomic mass is 9.73. The van der Waals surface area contributed by atoms with E-state index >= 15 is 0 Å². The van der Waals surface area contributed by atoms with Crippen molar-refractivity contribution < 1.29 is 24.5 Å². The quantitative estimate of drug-likeness (QED) is 0.0818. The summed E-state index contributed by atoms with van der Waals surface area (Å²) in [7, 11) is 7.73. The molecule has 5 rings (SSSR count). The molecule has 3 aromatic rings. The number of nitrogens with zero attached hydrogens (tertiary/aromatic N) is 1. The first kappa shape index (κ1) is 46.4. The number of nitrogens with one attached hydrogen (secondary N) is 3. The molecule has 10 nitrogen and oxygen atoms in total. The summed E-state index contributed by atoms with van der Waals surface area (Å²) in [5.41, 5.74) is 12.8. The number of ether oxygens (including phenoxy) is 1. The number of carbonyl (C=O) groups excluding carboxylic acids is 1. The van der Waals surface area contributed by atoms with Crippen molar-refractivity contribution in [2.45, 2.75) is 105 Å². The molecule has 4 unspecified atom stereocenters. The first-order valence-electron chi connectivity index (χ1n) is 20.5. The van der Waals surface area contributed by atoms with Gasteiger partial charge in [0.15, 0.2) is 0 Å². The van der Waals surface area contributed by atoms with Crippen LogP contribution in [0.25, 0.3) is 11.1 Å². The second kappa shape index (κ2) is 21.5. The molecule has 4 atom stereocenters. The number of aliphatic hydroxyl groups excluding tert-OH is 1. The highest BCUT2D eigenvalue weighted by Gasteiger charge is 2.43. The molecular weight excluding hydrogens is 703 g/mol. The summed E-state index contributed by atoms with van der Waals surface area (Å²) in [6.45, 7) is 14.1. The van der Waals surface area contributed by atoms with Gasteiger partial charge in [-0.1, -0.05) is 84.7 Å². The van der Waals surface area contributed by atoms with Crippen molar-refractivity contribution in [3.05, 3.63) is 82.9 Å². The van der Waals surface area contributed by atoms with Crippen LogP contribution in [-0.4, -0.2) is 69.5 Å². The number of carboxylic acid groups (broad SMARTS) is 1. The average molecular weight is 774 g/mol. The van der Waals surface area contributed by atoms with Crippen molar-refractivity contribution in [3.8, 4) is 16.9 Å². The molecule has 0 saturated heterocycles. The third-order valence-corrected chi connectivity index (χ3v) is 11.4. The SMILES string of the molecule is CC.CC1CCCC(C)(C)C1.CNC1(c2cc(-c3cccc(CNC(C(N)=O)C(CO)C(C)CNCc4cccc(C(=O)O)c4)c3OC)cc(N(C)C)c2)CC1. The van der Waals surface area contributed by atoms with Gasteiger partial charge in [-0.15, -0.1) is 0 Å². The van der Waals surface area contributed by atoms with E-state index < -0.39 is 23.8 Å². The maximum absolute atomic E-state index is 12.7. The lowest BCUT2D eigenvalue weighted by Gasteiger charge is -2.33. The average Bonchev–Trinajstić information content (AvgIpc) is 3.98. The predicted molar refractivity (Wildman–Crippen MR) is 230 cm³/mol. The van der Waals surface area contributed by atoms with Crippen molar-refractivity contribution >= 4 is 17.6 Å². The largest absolute Gasteiger partial charge is 0.496 e. The van der Waals surface area contributed by atoms with Crippen LogP contribution in [0, 0.1) is 23.2 Å². The van der Waals surface area contributed by atoms with Crippen molar-refractivity contribution in [1.82, 2.24) is 16.0 Å². The van der Waals surface area contributed by atoms with Crippen molar-refractivity contribution in [3.63, 3.8) is 0 Å². The highest BCUT2D eigenvalue weighted by Crippen LogP contribution is 2.48. The number of rotatable bonds is 17. The molecule has 56 heavy (non-hydrogen) atoms. The molecule has 0 aliphatic heterocycles. The van der Waals surface area contributed by atoms with E-state index in [9.17, 15) is 19.8 Å². The van der Waals surface area contributed by atoms with E-state index in [1.807, 2.05) is 66.2 Å². The minimum absolute atomic E-state index is 0.00472. The Morgan fingerprint density at radius 1 is 1.02 bits per heavy atom. The third-order valence-electron chi connectivity index (χ3n) is 11.4. The van der Waals surface area contributed by atoms with Crippen LogP contribution in [0.2, 0.25) is 0 Å². The summed E-state index contributed by atoms with van der Waals surface area (Å²) >= 11 is 0. The summed E-state index contributed by atoms with van der Waals surface area (Å²) in [6.07, 6.45) is 7.97. The van der Waals surface area contributed by atoms with Gasteiger partial charge in [-0.3, -0.25) is 4.79 Å². The monoisotopic (exact) mass is 774 g/mol. The number of anilines is 1. The van der Waals surface area contributed by atoms with Gasteiger partial charge in [0.25, 0.3) is 0 Å². The molecule has 2 saturated carbocycles. The van der Waals surface area contributed by atoms with Gasteiger partial charge in [-0.05, 0) is 104 Å². The normalized spacial score (nSPS) is 18.2. The smallest absolute Gasteiger partial charge is 0.335 e. The Hall–Kier alpha value is -3.96. The van der Waals surface area contributed by atoms with Crippen LogP contribution in [-0.2, 0) is 23.4 Å². The van der Waals surface area contributed by atoms with Gasteiger partial charge in [0.1, 0.15) is 5.75 Å². The standard InChI is InChI=1S/C35H47N5O5.C9H18.C2H6/c1-22(18-38-19-23-8-6-9-24(14-23)34(43)44)30(21-41)31(33(36)42)39-20-25-10-7-11-29(32(25)45-5)26-15-27(35(37-2)12-13-35)17-28(16-26)40(3)4;1-8-5-4-6-9(2,3)7-8;1-2/h6-11,14-17,22,30-31,37-39,41H,12-13,18-21H2,1-5H3,(H2,36,42)(H,43,44);8H,4-7H2,1-3H3;1-2H3. The van der Waals surface area contributed by atoms with Gasteiger partial charge in [0.05, 0.1) is 18.7 Å². The van der Waals surface area contributed by atoms with Crippen molar-refractivity contribution in [2.75, 3.05) is 46.3 Å². The van der Waals surface area contributed by atoms with Crippen molar-refractivity contribution in [1.29, 1.82) is 0 Å². The zero-order chi connectivity index (χ0) is 41.6. The number of aliphatic hydroxyl groups is 1. The van der Waals surface area contributed by atoms with E-state index in [0.717, 1.165) is 46.7 Å². The Morgan fingerprint density at radius 3 is 2.25 bits per heavy atom. The second-order valence-electron chi connectivity index (χ2n) is 16.6. The fourth-order valence-electron chi connectivity index (χ4n) is 8.08. The Morgan fingerprint density at radius 2 is 1.71 bits per heavy atom. The number of carbonyl (C=O) groups is 2. The number of hydrogen-bond donors (Lipinski definition) is 6. The van der Waals surface area contributed by atoms with E-state index in [1.54, 1.807) is 25.3 Å². The van der Waals surface area contributed by atoms with E-state index in [4.69, 9.17) is 10.5 Å². The summed E-state index contributed by atoms with van der Waals surface area (Å²) in [5.74, 6) is -0.405. The number of nitrogens with two attached hydrogens (primary N) is 1. The van der Waals surface area contributed by atoms with Gasteiger partial charge in [0, 0.05) is 62.1 Å². The molecule has 2 fully saturated rings. The molecular formula is C46H71N5O5. The van der Waals surface area contributed by atoms with Crippen LogP contribution in [0.4, 0.5) is 5.69 Å². The van der Waals surface area contributed by atoms with Gasteiger partial charge >= 0.3 is 5.97 Å². The molecule has 0 aromatic heterocycles. The van der Waals surface area contributed by atoms with Gasteiger partial charge in [0.2, 0.25) is 5.91 Å². The number of hydrogen-bond acceptors (Lipinski definition) is 8. The number of aromatic carboxylic acids is 1. The Balaban J connectivity index is 0.000000663. The number of carboxylic acids is 1. The molecule has 0 radical (unpaired) electrons. The highest BCUT2D eigenvalue weighted by atomic mass is 16.5. The van der Waals surface area contributed by atoms with Crippen LogP contribution in [0.5, 0.6) is 5.75 Å². The predicted octanol–water partition coefficient (Wildman–Crippen LogP) is 7.56. The molecule has 0 heterocycles. The Kier molecular flexibility index (Phi) is 17.9. The summed E-state index contributed by atoms with van der Waals surface area (Å²) in [5, 5.41) is 29.7. The molecule has 310 valence electrons. The lowest BCUT2D eigenvalue weighted by Crippen LogP contribution is -2.50. The molecule has 2 aliphatic carbocycles. The van der Waals surface area contributed by atoms with Gasteiger partial charge in [-0.2, -0.15) is 0 Å². The molecule has 2 aliphatic rings. The van der Waals surface area contributed by atoms with Crippen LogP contribution in [0.1, 0.15) is 107 Å². The topological polar surface area (TPSA) is 149 Å². The highest BCUT2D eigenvalue weighted by molar-refractivity contribution is 5.87. The minimum Gasteiger partial charge on any atom is -0.496 e. The number of para-hydroxylation sites is 1. The lowest BCUT2D eigenvalue weighted by molar-refractivity contribution is -0.122. The number of amides is 1.